The molecule has 0 spiro atoms. The number of carbonyl (C=O) groups excluding carboxylic acids is 4. The maximum Gasteiger partial charge on any atom is 0.397 e. The van der Waals surface area contributed by atoms with Crippen molar-refractivity contribution in [3.8, 4) is 5.75 Å². The largest absolute Gasteiger partial charge is 0.496 e. The molecule has 4 rings (SSSR count). The van der Waals surface area contributed by atoms with Crippen LogP contribution in [0.3, 0.4) is 0 Å². The first-order chi connectivity index (χ1) is 18.2. The summed E-state index contributed by atoms with van der Waals surface area (Å²) in [6, 6.07) is 5.41. The smallest absolute Gasteiger partial charge is 0.397 e. The van der Waals surface area contributed by atoms with Crippen LogP contribution in [0.5, 0.6) is 5.75 Å². The van der Waals surface area contributed by atoms with Crippen LogP contribution in [0.15, 0.2) is 18.2 Å². The fourth-order valence-electron chi connectivity index (χ4n) is 4.64. The second-order valence-corrected chi connectivity index (χ2v) is 12.7. The molecular weight excluding hydrogens is 522 g/mol. The Labute approximate surface area is 232 Å². The van der Waals surface area contributed by atoms with Gasteiger partial charge in [-0.05, 0) is 65.2 Å². The second kappa shape index (κ2) is 10.6. The molecule has 210 valence electrons. The van der Waals surface area contributed by atoms with Gasteiger partial charge in [-0.2, -0.15) is 0 Å². The van der Waals surface area contributed by atoms with Gasteiger partial charge in [0.05, 0.1) is 18.2 Å². The first kappa shape index (κ1) is 28.6. The number of fused-ring (bicyclic) bond motifs is 2. The number of anilines is 1. The third kappa shape index (κ3) is 6.42. The molecule has 2 aromatic rings. The molecule has 39 heavy (non-hydrogen) atoms. The number of methoxy groups -OCH3 is 1. The van der Waals surface area contributed by atoms with Gasteiger partial charge < -0.3 is 29.7 Å². The summed E-state index contributed by atoms with van der Waals surface area (Å²) in [7, 11) is 1.55. The number of amides is 2. The van der Waals surface area contributed by atoms with Crippen LogP contribution in [0.1, 0.15) is 78.3 Å². The Kier molecular flexibility index (Phi) is 7.77. The van der Waals surface area contributed by atoms with Crippen LogP contribution in [0.25, 0.3) is 0 Å². The fraction of sp³-hybridized carbons (Fsp3) is 0.500. The number of carbonyl (C=O) groups is 4. The van der Waals surface area contributed by atoms with E-state index in [1.165, 1.54) is 11.3 Å². The van der Waals surface area contributed by atoms with Gasteiger partial charge in [-0.15, -0.1) is 11.3 Å². The zero-order valence-electron chi connectivity index (χ0n) is 23.4. The van der Waals surface area contributed by atoms with E-state index < -0.39 is 29.0 Å². The maximum atomic E-state index is 13.3. The van der Waals surface area contributed by atoms with Gasteiger partial charge in [0.15, 0.2) is 0 Å². The molecule has 11 heteroatoms. The van der Waals surface area contributed by atoms with Gasteiger partial charge in [0.2, 0.25) is 0 Å². The van der Waals surface area contributed by atoms with Crippen LogP contribution in [0.2, 0.25) is 0 Å². The number of nitrogens with one attached hydrogen (secondary N) is 2. The SMILES string of the molecule is COc1cccc2c1C(=O)N(CC1Cc3c(sc(NC(=O)C(=O)OC(C)(C)C)c3C(=O)OC(C)(C)C)CN1)C2. The normalized spacial score (nSPS) is 16.8. The molecule has 10 nitrogen and oxygen atoms in total. The number of rotatable bonds is 5. The van der Waals surface area contributed by atoms with Crippen LogP contribution >= 0.6 is 11.3 Å². The van der Waals surface area contributed by atoms with Gasteiger partial charge in [-0.3, -0.25) is 9.59 Å². The number of nitrogens with zero attached hydrogens (tertiary/aromatic N) is 1. The van der Waals surface area contributed by atoms with E-state index in [2.05, 4.69) is 10.6 Å². The zero-order chi connectivity index (χ0) is 28.7. The minimum absolute atomic E-state index is 0.0990. The molecule has 0 fully saturated rings. The van der Waals surface area contributed by atoms with E-state index in [4.69, 9.17) is 14.2 Å². The number of hydrogen-bond acceptors (Lipinski definition) is 9. The number of hydrogen-bond donors (Lipinski definition) is 2. The van der Waals surface area contributed by atoms with Crippen LogP contribution in [-0.2, 0) is 38.6 Å². The lowest BCUT2D eigenvalue weighted by Gasteiger charge is -2.29. The van der Waals surface area contributed by atoms with Crippen LogP contribution in [0, 0.1) is 0 Å². The number of benzene rings is 1. The Morgan fingerprint density at radius 2 is 1.79 bits per heavy atom. The Balaban J connectivity index is 1.57. The highest BCUT2D eigenvalue weighted by molar-refractivity contribution is 7.17. The quantitative estimate of drug-likeness (QED) is 0.422. The summed E-state index contributed by atoms with van der Waals surface area (Å²) >= 11 is 1.22. The summed E-state index contributed by atoms with van der Waals surface area (Å²) in [6.07, 6.45) is 0.431. The van der Waals surface area contributed by atoms with Crippen molar-refractivity contribution in [2.45, 2.75) is 78.3 Å². The molecule has 1 aromatic heterocycles. The molecule has 3 heterocycles. The van der Waals surface area contributed by atoms with E-state index in [1.807, 2.05) is 12.1 Å². The van der Waals surface area contributed by atoms with Gasteiger partial charge >= 0.3 is 17.8 Å². The molecule has 2 aliphatic rings. The average Bonchev–Trinajstić information content (AvgIpc) is 3.33. The van der Waals surface area contributed by atoms with Crippen molar-refractivity contribution >= 4 is 40.1 Å². The summed E-state index contributed by atoms with van der Waals surface area (Å²) in [6.45, 7) is 11.6. The van der Waals surface area contributed by atoms with Gasteiger partial charge in [-0.1, -0.05) is 12.1 Å². The number of ether oxygens (including phenoxy) is 3. The van der Waals surface area contributed by atoms with Crippen LogP contribution in [0.4, 0.5) is 5.00 Å². The molecule has 2 amide bonds. The summed E-state index contributed by atoms with van der Waals surface area (Å²) in [5.41, 5.74) is 0.842. The summed E-state index contributed by atoms with van der Waals surface area (Å²) < 4.78 is 16.2. The van der Waals surface area contributed by atoms with E-state index in [0.29, 0.717) is 37.4 Å². The molecule has 0 saturated heterocycles. The van der Waals surface area contributed by atoms with E-state index in [1.54, 1.807) is 59.6 Å². The van der Waals surface area contributed by atoms with E-state index in [9.17, 15) is 19.2 Å². The predicted octanol–water partition coefficient (Wildman–Crippen LogP) is 3.66. The third-order valence-electron chi connectivity index (χ3n) is 6.14. The lowest BCUT2D eigenvalue weighted by atomic mass is 9.97. The summed E-state index contributed by atoms with van der Waals surface area (Å²) in [4.78, 5) is 54.1. The first-order valence-corrected chi connectivity index (χ1v) is 13.6. The fourth-order valence-corrected chi connectivity index (χ4v) is 5.80. The van der Waals surface area contributed by atoms with Crippen molar-refractivity contribution in [3.63, 3.8) is 0 Å². The van der Waals surface area contributed by atoms with Crippen molar-refractivity contribution in [1.29, 1.82) is 0 Å². The van der Waals surface area contributed by atoms with Crippen molar-refractivity contribution < 1.29 is 33.4 Å². The summed E-state index contributed by atoms with van der Waals surface area (Å²) in [5, 5.41) is 6.25. The lowest BCUT2D eigenvalue weighted by molar-refractivity contribution is -0.161. The van der Waals surface area contributed by atoms with Gasteiger partial charge in [0.1, 0.15) is 22.0 Å². The zero-order valence-corrected chi connectivity index (χ0v) is 24.2. The van der Waals surface area contributed by atoms with Crippen molar-refractivity contribution in [2.24, 2.45) is 0 Å². The van der Waals surface area contributed by atoms with Crippen molar-refractivity contribution in [1.82, 2.24) is 10.2 Å². The standard InChI is InChI=1S/C28H35N3O7S/c1-27(2,3)37-25(34)21-17-11-16(14-31-13-15-9-8-10-18(36-7)20(15)24(31)33)29-12-19(17)39-23(21)30-22(32)26(35)38-28(4,5)6/h8-10,16,29H,11-14H2,1-7H3,(H,30,32). The van der Waals surface area contributed by atoms with Crippen molar-refractivity contribution in [2.75, 3.05) is 19.0 Å². The molecule has 1 unspecified atom stereocenters. The second-order valence-electron chi connectivity index (χ2n) is 11.6. The topological polar surface area (TPSA) is 123 Å². The average molecular weight is 558 g/mol. The maximum absolute atomic E-state index is 13.3. The van der Waals surface area contributed by atoms with E-state index in [0.717, 1.165) is 16.0 Å². The summed E-state index contributed by atoms with van der Waals surface area (Å²) in [5.74, 6) is -2.14. The molecule has 0 radical (unpaired) electrons. The van der Waals surface area contributed by atoms with Gasteiger partial charge in [0, 0.05) is 30.6 Å². The number of esters is 2. The number of thiophene rings is 1. The molecule has 0 bridgehead atoms. The molecule has 0 saturated carbocycles. The lowest BCUT2D eigenvalue weighted by Crippen LogP contribution is -2.44. The highest BCUT2D eigenvalue weighted by Crippen LogP contribution is 2.38. The Morgan fingerprint density at radius 1 is 1.10 bits per heavy atom. The minimum atomic E-state index is -1.04. The monoisotopic (exact) mass is 557 g/mol. The van der Waals surface area contributed by atoms with Gasteiger partial charge in [0.25, 0.3) is 5.91 Å². The van der Waals surface area contributed by atoms with Crippen molar-refractivity contribution in [3.05, 3.63) is 45.3 Å². The first-order valence-electron chi connectivity index (χ1n) is 12.8. The Hall–Kier alpha value is -3.44. The van der Waals surface area contributed by atoms with E-state index >= 15 is 0 Å². The highest BCUT2D eigenvalue weighted by Gasteiger charge is 2.36. The molecule has 1 aromatic carbocycles. The Morgan fingerprint density at radius 3 is 2.44 bits per heavy atom. The highest BCUT2D eigenvalue weighted by atomic mass is 32.1. The molecule has 2 aliphatic heterocycles. The predicted molar refractivity (Wildman–Crippen MR) is 146 cm³/mol. The minimum Gasteiger partial charge on any atom is -0.496 e. The molecule has 1 atom stereocenters. The molecule has 2 N–H and O–H groups in total. The van der Waals surface area contributed by atoms with Crippen LogP contribution in [-0.4, -0.2) is 59.6 Å². The Bertz CT molecular complexity index is 1320. The molecular formula is C28H35N3O7S. The molecule has 0 aliphatic carbocycles. The van der Waals surface area contributed by atoms with Gasteiger partial charge in [-0.25, -0.2) is 9.59 Å². The van der Waals surface area contributed by atoms with Crippen LogP contribution < -0.4 is 15.4 Å². The van der Waals surface area contributed by atoms with E-state index in [-0.39, 0.29) is 22.5 Å². The third-order valence-corrected chi connectivity index (χ3v) is 7.29.